The maximum absolute atomic E-state index is 9.28. The van der Waals surface area contributed by atoms with Crippen molar-refractivity contribution in [2.24, 2.45) is 5.73 Å². The molecular weight excluding hydrogens is 164 g/mol. The number of rotatable bonds is 1. The quantitative estimate of drug-likeness (QED) is 0.603. The highest BCUT2D eigenvalue weighted by atomic mass is 16.3. The van der Waals surface area contributed by atoms with Crippen molar-refractivity contribution in [1.29, 1.82) is 0 Å². The zero-order valence-electron chi connectivity index (χ0n) is 7.46. The van der Waals surface area contributed by atoms with Crippen LogP contribution in [-0.4, -0.2) is 17.7 Å². The fourth-order valence-electron chi connectivity index (χ4n) is 1.72. The molecule has 0 saturated heterocycles. The Bertz CT molecular complexity index is 312. The molecule has 2 rings (SSSR count). The Hall–Kier alpha value is -1.22. The van der Waals surface area contributed by atoms with Gasteiger partial charge in [0.1, 0.15) is 5.75 Å². The number of nitrogens with two attached hydrogens (primary N) is 1. The largest absolute Gasteiger partial charge is 0.508 e. The van der Waals surface area contributed by atoms with Crippen LogP contribution in [0.1, 0.15) is 12.0 Å². The van der Waals surface area contributed by atoms with E-state index in [2.05, 4.69) is 5.32 Å². The van der Waals surface area contributed by atoms with Gasteiger partial charge in [0.25, 0.3) is 0 Å². The van der Waals surface area contributed by atoms with Crippen molar-refractivity contribution in [3.05, 3.63) is 23.8 Å². The van der Waals surface area contributed by atoms with Crippen LogP contribution < -0.4 is 11.1 Å². The number of benzene rings is 1. The number of phenols is 1. The Balaban J connectivity index is 2.27. The molecule has 0 amide bonds. The Morgan fingerprint density at radius 3 is 3.15 bits per heavy atom. The number of anilines is 1. The van der Waals surface area contributed by atoms with Gasteiger partial charge in [-0.2, -0.15) is 0 Å². The minimum atomic E-state index is 0.309. The van der Waals surface area contributed by atoms with Crippen molar-refractivity contribution in [3.8, 4) is 5.75 Å². The highest BCUT2D eigenvalue weighted by molar-refractivity contribution is 5.57. The predicted molar refractivity (Wildman–Crippen MR) is 52.9 cm³/mol. The molecule has 1 aromatic rings. The molecule has 1 aliphatic heterocycles. The molecule has 1 heterocycles. The van der Waals surface area contributed by atoms with Crippen LogP contribution in [0.4, 0.5) is 5.69 Å². The van der Waals surface area contributed by atoms with Gasteiger partial charge in [-0.05, 0) is 24.5 Å². The van der Waals surface area contributed by atoms with Gasteiger partial charge in [0.05, 0.1) is 0 Å². The molecule has 0 spiro atoms. The van der Waals surface area contributed by atoms with Gasteiger partial charge in [0.2, 0.25) is 0 Å². The van der Waals surface area contributed by atoms with Crippen molar-refractivity contribution in [3.63, 3.8) is 0 Å². The second kappa shape index (κ2) is 3.26. The molecule has 4 N–H and O–H groups in total. The number of aryl methyl sites for hydroxylation is 1. The monoisotopic (exact) mass is 178 g/mol. The summed E-state index contributed by atoms with van der Waals surface area (Å²) in [4.78, 5) is 0. The zero-order valence-corrected chi connectivity index (χ0v) is 7.46. The van der Waals surface area contributed by atoms with E-state index in [1.54, 1.807) is 12.1 Å². The molecular formula is C10H14N2O. The van der Waals surface area contributed by atoms with E-state index in [4.69, 9.17) is 5.73 Å². The Morgan fingerprint density at radius 1 is 1.54 bits per heavy atom. The van der Waals surface area contributed by atoms with E-state index < -0.39 is 0 Å². The molecule has 0 saturated carbocycles. The lowest BCUT2D eigenvalue weighted by Gasteiger charge is -2.25. The average Bonchev–Trinajstić information content (AvgIpc) is 2.16. The fraction of sp³-hybridized carbons (Fsp3) is 0.400. The van der Waals surface area contributed by atoms with Crippen LogP contribution in [0.5, 0.6) is 5.75 Å². The fourth-order valence-corrected chi connectivity index (χ4v) is 1.72. The number of aromatic hydroxyl groups is 1. The third-order valence-corrected chi connectivity index (χ3v) is 2.50. The first-order chi connectivity index (χ1) is 6.29. The third-order valence-electron chi connectivity index (χ3n) is 2.50. The molecule has 1 atom stereocenters. The van der Waals surface area contributed by atoms with Gasteiger partial charge in [-0.1, -0.05) is 6.07 Å². The molecule has 1 aromatic carbocycles. The minimum absolute atomic E-state index is 0.309. The lowest BCUT2D eigenvalue weighted by Crippen LogP contribution is -2.32. The molecule has 3 nitrogen and oxygen atoms in total. The van der Waals surface area contributed by atoms with Gasteiger partial charge in [0.15, 0.2) is 0 Å². The van der Waals surface area contributed by atoms with E-state index in [9.17, 15) is 5.11 Å². The summed E-state index contributed by atoms with van der Waals surface area (Å²) in [5.41, 5.74) is 7.87. The van der Waals surface area contributed by atoms with Crippen LogP contribution >= 0.6 is 0 Å². The normalized spacial score (nSPS) is 20.5. The van der Waals surface area contributed by atoms with Crippen LogP contribution in [-0.2, 0) is 6.42 Å². The van der Waals surface area contributed by atoms with Gasteiger partial charge in [-0.3, -0.25) is 0 Å². The summed E-state index contributed by atoms with van der Waals surface area (Å²) in [6, 6.07) is 5.81. The van der Waals surface area contributed by atoms with E-state index in [0.717, 1.165) is 18.5 Å². The lowest BCUT2D eigenvalue weighted by atomic mass is 9.98. The molecule has 0 fully saturated rings. The maximum Gasteiger partial charge on any atom is 0.117 e. The van der Waals surface area contributed by atoms with Crippen LogP contribution in [0.15, 0.2) is 18.2 Å². The SMILES string of the molecule is NCC1CCc2ccc(O)cc2N1. The first-order valence-corrected chi connectivity index (χ1v) is 4.58. The molecule has 3 heteroatoms. The van der Waals surface area contributed by atoms with Gasteiger partial charge >= 0.3 is 0 Å². The lowest BCUT2D eigenvalue weighted by molar-refractivity contribution is 0.474. The second-order valence-electron chi connectivity index (χ2n) is 3.46. The van der Waals surface area contributed by atoms with Gasteiger partial charge in [-0.15, -0.1) is 0 Å². The smallest absolute Gasteiger partial charge is 0.117 e. The Kier molecular flexibility index (Phi) is 2.10. The summed E-state index contributed by atoms with van der Waals surface area (Å²) in [5, 5.41) is 12.6. The van der Waals surface area contributed by atoms with Crippen LogP contribution in [0, 0.1) is 0 Å². The summed E-state index contributed by atoms with van der Waals surface area (Å²) in [5.74, 6) is 0.309. The standard InChI is InChI=1S/C10H14N2O/c11-6-8-3-1-7-2-4-9(13)5-10(7)12-8/h2,4-5,8,12-13H,1,3,6,11H2. The molecule has 0 aromatic heterocycles. The highest BCUT2D eigenvalue weighted by Gasteiger charge is 2.15. The van der Waals surface area contributed by atoms with Gasteiger partial charge in [0, 0.05) is 24.3 Å². The molecule has 0 aliphatic carbocycles. The van der Waals surface area contributed by atoms with Crippen molar-refractivity contribution in [2.75, 3.05) is 11.9 Å². The highest BCUT2D eigenvalue weighted by Crippen LogP contribution is 2.27. The molecule has 1 aliphatic rings. The number of nitrogens with one attached hydrogen (secondary N) is 1. The van der Waals surface area contributed by atoms with Crippen molar-refractivity contribution < 1.29 is 5.11 Å². The van der Waals surface area contributed by atoms with E-state index in [1.165, 1.54) is 5.56 Å². The maximum atomic E-state index is 9.28. The first kappa shape index (κ1) is 8.38. The van der Waals surface area contributed by atoms with Crippen molar-refractivity contribution in [1.82, 2.24) is 0 Å². The molecule has 70 valence electrons. The molecule has 13 heavy (non-hydrogen) atoms. The average molecular weight is 178 g/mol. The summed E-state index contributed by atoms with van der Waals surface area (Å²) >= 11 is 0. The Morgan fingerprint density at radius 2 is 2.38 bits per heavy atom. The van der Waals surface area contributed by atoms with Crippen LogP contribution in [0.25, 0.3) is 0 Å². The summed E-state index contributed by atoms with van der Waals surface area (Å²) in [6.45, 7) is 0.648. The number of phenolic OH excluding ortho intramolecular Hbond substituents is 1. The van der Waals surface area contributed by atoms with Crippen molar-refractivity contribution >= 4 is 5.69 Å². The minimum Gasteiger partial charge on any atom is -0.508 e. The van der Waals surface area contributed by atoms with Crippen LogP contribution in [0.3, 0.4) is 0 Å². The van der Waals surface area contributed by atoms with E-state index in [0.29, 0.717) is 18.3 Å². The van der Waals surface area contributed by atoms with Crippen molar-refractivity contribution in [2.45, 2.75) is 18.9 Å². The topological polar surface area (TPSA) is 58.3 Å². The van der Waals surface area contributed by atoms with E-state index >= 15 is 0 Å². The summed E-state index contributed by atoms with van der Waals surface area (Å²) in [7, 11) is 0. The number of fused-ring (bicyclic) bond motifs is 1. The molecule has 1 unspecified atom stereocenters. The number of hydrogen-bond acceptors (Lipinski definition) is 3. The Labute approximate surface area is 77.6 Å². The molecule has 0 radical (unpaired) electrons. The predicted octanol–water partition coefficient (Wildman–Crippen LogP) is 1.08. The van der Waals surface area contributed by atoms with E-state index in [1.807, 2.05) is 6.07 Å². The number of hydrogen-bond donors (Lipinski definition) is 3. The third kappa shape index (κ3) is 1.60. The molecule has 0 bridgehead atoms. The second-order valence-corrected chi connectivity index (χ2v) is 3.46. The summed E-state index contributed by atoms with van der Waals surface area (Å²) in [6.07, 6.45) is 2.12. The first-order valence-electron chi connectivity index (χ1n) is 4.58. The zero-order chi connectivity index (χ0) is 9.26. The van der Waals surface area contributed by atoms with E-state index in [-0.39, 0.29) is 0 Å². The summed E-state index contributed by atoms with van der Waals surface area (Å²) < 4.78 is 0. The van der Waals surface area contributed by atoms with Crippen LogP contribution in [0.2, 0.25) is 0 Å². The van der Waals surface area contributed by atoms with Gasteiger partial charge in [-0.25, -0.2) is 0 Å². The van der Waals surface area contributed by atoms with Gasteiger partial charge < -0.3 is 16.2 Å².